The largest absolute Gasteiger partial charge is 0.495 e. The van der Waals surface area contributed by atoms with Crippen LogP contribution in [0.25, 0.3) is 0 Å². The number of halogens is 1. The molecule has 0 aliphatic rings. The molecule has 98 valence electrons. The molecule has 0 bridgehead atoms. The molecule has 1 amide bonds. The zero-order valence-corrected chi connectivity index (χ0v) is 10.6. The number of methoxy groups -OCH3 is 1. The standard InChI is InChI=1S/C14H13FN2O2/c1-9-3-4-12(19-2)11(7-9)17-14(18)10-5-6-16-13(15)8-10/h3-8H,1-2H3,(H,17,18). The number of aromatic nitrogens is 1. The Morgan fingerprint density at radius 1 is 1.32 bits per heavy atom. The minimum atomic E-state index is -0.691. The van der Waals surface area contributed by atoms with E-state index in [-0.39, 0.29) is 5.56 Å². The van der Waals surface area contributed by atoms with E-state index in [1.807, 2.05) is 13.0 Å². The molecule has 1 aromatic carbocycles. The lowest BCUT2D eigenvalue weighted by Crippen LogP contribution is -2.13. The Balaban J connectivity index is 2.26. The number of carbonyl (C=O) groups excluding carboxylic acids is 1. The Morgan fingerprint density at radius 3 is 2.79 bits per heavy atom. The van der Waals surface area contributed by atoms with Crippen LogP contribution in [0.15, 0.2) is 36.5 Å². The van der Waals surface area contributed by atoms with Crippen molar-refractivity contribution in [1.29, 1.82) is 0 Å². The molecule has 1 aromatic heterocycles. The van der Waals surface area contributed by atoms with Gasteiger partial charge in [0.1, 0.15) is 5.75 Å². The third-order valence-electron chi connectivity index (χ3n) is 2.59. The molecule has 0 fully saturated rings. The molecule has 0 aliphatic heterocycles. The number of ether oxygens (including phenoxy) is 1. The lowest BCUT2D eigenvalue weighted by atomic mass is 10.2. The minimum Gasteiger partial charge on any atom is -0.495 e. The van der Waals surface area contributed by atoms with Crippen LogP contribution in [0.5, 0.6) is 5.75 Å². The normalized spacial score (nSPS) is 10.1. The number of benzene rings is 1. The molecule has 0 unspecified atom stereocenters. The van der Waals surface area contributed by atoms with Gasteiger partial charge in [-0.2, -0.15) is 4.39 Å². The summed E-state index contributed by atoms with van der Waals surface area (Å²) < 4.78 is 18.1. The van der Waals surface area contributed by atoms with Crippen LogP contribution in [0.3, 0.4) is 0 Å². The number of hydrogen-bond acceptors (Lipinski definition) is 3. The predicted octanol–water partition coefficient (Wildman–Crippen LogP) is 2.79. The molecule has 0 radical (unpaired) electrons. The van der Waals surface area contributed by atoms with Crippen molar-refractivity contribution in [3.05, 3.63) is 53.6 Å². The second kappa shape index (κ2) is 5.48. The van der Waals surface area contributed by atoms with Gasteiger partial charge in [-0.1, -0.05) is 6.07 Å². The molecule has 4 nitrogen and oxygen atoms in total. The predicted molar refractivity (Wildman–Crippen MR) is 69.9 cm³/mol. The number of nitrogens with one attached hydrogen (secondary N) is 1. The zero-order chi connectivity index (χ0) is 13.8. The quantitative estimate of drug-likeness (QED) is 0.863. The van der Waals surface area contributed by atoms with Gasteiger partial charge in [0.2, 0.25) is 5.95 Å². The van der Waals surface area contributed by atoms with Crippen LogP contribution in [-0.4, -0.2) is 18.0 Å². The van der Waals surface area contributed by atoms with E-state index < -0.39 is 11.9 Å². The van der Waals surface area contributed by atoms with Crippen molar-refractivity contribution in [1.82, 2.24) is 4.98 Å². The molecule has 0 saturated heterocycles. The van der Waals surface area contributed by atoms with Crippen molar-refractivity contribution in [3.8, 4) is 5.75 Å². The third-order valence-corrected chi connectivity index (χ3v) is 2.59. The fourth-order valence-electron chi connectivity index (χ4n) is 1.66. The average molecular weight is 260 g/mol. The lowest BCUT2D eigenvalue weighted by molar-refractivity contribution is 0.102. The molecule has 1 N–H and O–H groups in total. The van der Waals surface area contributed by atoms with Gasteiger partial charge in [-0.15, -0.1) is 0 Å². The highest BCUT2D eigenvalue weighted by Gasteiger charge is 2.10. The van der Waals surface area contributed by atoms with E-state index >= 15 is 0 Å². The first-order valence-electron chi connectivity index (χ1n) is 5.67. The molecule has 1 heterocycles. The third kappa shape index (κ3) is 3.07. The summed E-state index contributed by atoms with van der Waals surface area (Å²) in [5, 5.41) is 2.69. The van der Waals surface area contributed by atoms with Crippen molar-refractivity contribution in [2.75, 3.05) is 12.4 Å². The number of carbonyl (C=O) groups is 1. The molecule has 0 aliphatic carbocycles. The summed E-state index contributed by atoms with van der Waals surface area (Å²) in [7, 11) is 1.52. The molecule has 0 spiro atoms. The monoisotopic (exact) mass is 260 g/mol. The van der Waals surface area contributed by atoms with E-state index in [0.717, 1.165) is 11.6 Å². The van der Waals surface area contributed by atoms with E-state index in [1.54, 1.807) is 12.1 Å². The first-order valence-corrected chi connectivity index (χ1v) is 5.67. The summed E-state index contributed by atoms with van der Waals surface area (Å²) in [6.45, 7) is 1.90. The Bertz CT molecular complexity index is 614. The maximum atomic E-state index is 13.0. The number of aryl methyl sites for hydroxylation is 1. The van der Waals surface area contributed by atoms with Gasteiger partial charge in [0.25, 0.3) is 5.91 Å². The molecule has 2 aromatic rings. The van der Waals surface area contributed by atoms with Crippen LogP contribution in [-0.2, 0) is 0 Å². The minimum absolute atomic E-state index is 0.205. The summed E-state index contributed by atoms with van der Waals surface area (Å²) in [5.41, 5.74) is 1.73. The summed E-state index contributed by atoms with van der Waals surface area (Å²) >= 11 is 0. The molecule has 5 heteroatoms. The molecular weight excluding hydrogens is 247 g/mol. The fourth-order valence-corrected chi connectivity index (χ4v) is 1.66. The topological polar surface area (TPSA) is 51.2 Å². The van der Waals surface area contributed by atoms with Crippen molar-refractivity contribution < 1.29 is 13.9 Å². The van der Waals surface area contributed by atoms with Crippen molar-refractivity contribution in [2.24, 2.45) is 0 Å². The number of nitrogens with zero attached hydrogens (tertiary/aromatic N) is 1. The van der Waals surface area contributed by atoms with Crippen LogP contribution in [0, 0.1) is 12.9 Å². The van der Waals surface area contributed by atoms with Gasteiger partial charge in [-0.25, -0.2) is 4.98 Å². The maximum Gasteiger partial charge on any atom is 0.255 e. The maximum absolute atomic E-state index is 13.0. The lowest BCUT2D eigenvalue weighted by Gasteiger charge is -2.11. The number of pyridine rings is 1. The Hall–Kier alpha value is -2.43. The van der Waals surface area contributed by atoms with E-state index in [2.05, 4.69) is 10.3 Å². The van der Waals surface area contributed by atoms with Crippen molar-refractivity contribution in [3.63, 3.8) is 0 Å². The first-order chi connectivity index (χ1) is 9.10. The van der Waals surface area contributed by atoms with Gasteiger partial charge in [-0.3, -0.25) is 4.79 Å². The number of anilines is 1. The van der Waals surface area contributed by atoms with E-state index in [1.165, 1.54) is 19.4 Å². The van der Waals surface area contributed by atoms with Gasteiger partial charge >= 0.3 is 0 Å². The van der Waals surface area contributed by atoms with Gasteiger partial charge < -0.3 is 10.1 Å². The van der Waals surface area contributed by atoms with Gasteiger partial charge in [-0.05, 0) is 30.7 Å². The molecule has 0 saturated carbocycles. The zero-order valence-electron chi connectivity index (χ0n) is 10.6. The number of amides is 1. The fraction of sp³-hybridized carbons (Fsp3) is 0.143. The van der Waals surface area contributed by atoms with Crippen LogP contribution in [0.2, 0.25) is 0 Å². The van der Waals surface area contributed by atoms with Crippen molar-refractivity contribution in [2.45, 2.75) is 6.92 Å². The van der Waals surface area contributed by atoms with E-state index in [9.17, 15) is 9.18 Å². The highest BCUT2D eigenvalue weighted by molar-refractivity contribution is 6.05. The van der Waals surface area contributed by atoms with E-state index in [0.29, 0.717) is 11.4 Å². The average Bonchev–Trinajstić information content (AvgIpc) is 2.39. The molecule has 19 heavy (non-hydrogen) atoms. The van der Waals surface area contributed by atoms with E-state index in [4.69, 9.17) is 4.74 Å². The first kappa shape index (κ1) is 13.0. The van der Waals surface area contributed by atoms with Crippen LogP contribution in [0.1, 0.15) is 15.9 Å². The SMILES string of the molecule is COc1ccc(C)cc1NC(=O)c1ccnc(F)c1. The van der Waals surface area contributed by atoms with Crippen LogP contribution in [0.4, 0.5) is 10.1 Å². The second-order valence-electron chi connectivity index (χ2n) is 4.03. The van der Waals surface area contributed by atoms with Crippen LogP contribution >= 0.6 is 0 Å². The summed E-state index contributed by atoms with van der Waals surface area (Å²) in [5.74, 6) is -0.553. The smallest absolute Gasteiger partial charge is 0.255 e. The van der Waals surface area contributed by atoms with Crippen molar-refractivity contribution >= 4 is 11.6 Å². The number of rotatable bonds is 3. The second-order valence-corrected chi connectivity index (χ2v) is 4.03. The van der Waals surface area contributed by atoms with Gasteiger partial charge in [0.15, 0.2) is 0 Å². The molecule has 2 rings (SSSR count). The van der Waals surface area contributed by atoms with Gasteiger partial charge in [0, 0.05) is 17.8 Å². The highest BCUT2D eigenvalue weighted by Crippen LogP contribution is 2.25. The summed E-state index contributed by atoms with van der Waals surface area (Å²) in [6, 6.07) is 7.95. The van der Waals surface area contributed by atoms with Crippen LogP contribution < -0.4 is 10.1 Å². The highest BCUT2D eigenvalue weighted by atomic mass is 19.1. The molecule has 0 atom stereocenters. The van der Waals surface area contributed by atoms with Gasteiger partial charge in [0.05, 0.1) is 12.8 Å². The Morgan fingerprint density at radius 2 is 2.11 bits per heavy atom. The summed E-state index contributed by atoms with van der Waals surface area (Å²) in [6.07, 6.45) is 1.25. The molecular formula is C14H13FN2O2. The Kier molecular flexibility index (Phi) is 3.75. The Labute approximate surface area is 110 Å². The summed E-state index contributed by atoms with van der Waals surface area (Å²) in [4.78, 5) is 15.4. The number of hydrogen-bond donors (Lipinski definition) is 1.